The number of aromatic amines is 1. The topological polar surface area (TPSA) is 107 Å². The molecular formula is C14H18N6O2. The summed E-state index contributed by atoms with van der Waals surface area (Å²) in [6.07, 6.45) is 2.64. The van der Waals surface area contributed by atoms with E-state index in [-0.39, 0.29) is 11.9 Å². The van der Waals surface area contributed by atoms with Crippen LogP contribution in [0.2, 0.25) is 0 Å². The molecule has 1 amide bonds. The molecule has 0 spiro atoms. The minimum absolute atomic E-state index is 0.263. The van der Waals surface area contributed by atoms with Gasteiger partial charge in [0.05, 0.1) is 17.8 Å². The Bertz CT molecular complexity index is 645. The predicted molar refractivity (Wildman–Crippen MR) is 77.9 cm³/mol. The fraction of sp³-hybridized carbons (Fsp3) is 0.429. The van der Waals surface area contributed by atoms with E-state index < -0.39 is 6.10 Å². The molecule has 0 aromatic carbocycles. The number of hydrogen-bond donors (Lipinski definition) is 3. The number of hydrogen-bond acceptors (Lipinski definition) is 6. The smallest absolute Gasteiger partial charge is 0.269 e. The maximum Gasteiger partial charge on any atom is 0.269 e. The Morgan fingerprint density at radius 3 is 3.05 bits per heavy atom. The van der Waals surface area contributed by atoms with Gasteiger partial charge in [0.2, 0.25) is 0 Å². The lowest BCUT2D eigenvalue weighted by Crippen LogP contribution is -2.43. The lowest BCUT2D eigenvalue weighted by Gasteiger charge is -2.16. The molecule has 0 unspecified atom stereocenters. The van der Waals surface area contributed by atoms with E-state index in [1.807, 2.05) is 13.0 Å². The Balaban J connectivity index is 1.58. The Labute approximate surface area is 127 Å². The van der Waals surface area contributed by atoms with Crippen LogP contribution in [0.25, 0.3) is 0 Å². The first-order valence-corrected chi connectivity index (χ1v) is 7.11. The lowest BCUT2D eigenvalue weighted by molar-refractivity contribution is 0.0883. The van der Waals surface area contributed by atoms with Crippen molar-refractivity contribution in [3.8, 4) is 0 Å². The fourth-order valence-corrected chi connectivity index (χ4v) is 2.59. The van der Waals surface area contributed by atoms with Gasteiger partial charge in [0.1, 0.15) is 11.5 Å². The van der Waals surface area contributed by atoms with Gasteiger partial charge in [0, 0.05) is 32.0 Å². The molecule has 116 valence electrons. The maximum atomic E-state index is 12.0. The van der Waals surface area contributed by atoms with Gasteiger partial charge in [-0.3, -0.25) is 14.8 Å². The van der Waals surface area contributed by atoms with Crippen LogP contribution in [0.15, 0.2) is 24.5 Å². The third-order valence-electron chi connectivity index (χ3n) is 3.65. The third-order valence-corrected chi connectivity index (χ3v) is 3.65. The lowest BCUT2D eigenvalue weighted by atomic mass is 10.2. The molecule has 8 heteroatoms. The number of aliphatic hydroxyl groups excluding tert-OH is 1. The highest BCUT2D eigenvalue weighted by Gasteiger charge is 2.32. The second-order valence-electron chi connectivity index (χ2n) is 5.41. The highest BCUT2D eigenvalue weighted by molar-refractivity contribution is 5.92. The number of aryl methyl sites for hydroxylation is 1. The largest absolute Gasteiger partial charge is 0.390 e. The number of rotatable bonds is 4. The van der Waals surface area contributed by atoms with E-state index in [0.29, 0.717) is 25.3 Å². The van der Waals surface area contributed by atoms with Crippen LogP contribution in [0.1, 0.15) is 22.0 Å². The minimum Gasteiger partial charge on any atom is -0.390 e. The van der Waals surface area contributed by atoms with E-state index in [9.17, 15) is 9.90 Å². The standard InChI is InChI=1S/C14H18N6O2/c1-9-15-4-2-10(17-9)6-20-7-12(13(21)8-20)18-14(22)11-3-5-16-19-11/h2-5,12-13,21H,6-8H2,1H3,(H,16,19)(H,18,22)/t12-,13-/m1/s1. The third kappa shape index (κ3) is 3.29. The quantitative estimate of drug-likeness (QED) is 0.702. The average molecular weight is 302 g/mol. The van der Waals surface area contributed by atoms with E-state index in [1.165, 1.54) is 6.20 Å². The van der Waals surface area contributed by atoms with Crippen LogP contribution >= 0.6 is 0 Å². The molecule has 0 bridgehead atoms. The monoisotopic (exact) mass is 302 g/mol. The molecule has 2 aromatic rings. The molecule has 1 aliphatic rings. The van der Waals surface area contributed by atoms with Crippen LogP contribution in [-0.2, 0) is 6.54 Å². The summed E-state index contributed by atoms with van der Waals surface area (Å²) in [6, 6.07) is 3.15. The van der Waals surface area contributed by atoms with Crippen LogP contribution in [0.3, 0.4) is 0 Å². The van der Waals surface area contributed by atoms with Crippen molar-refractivity contribution in [2.75, 3.05) is 13.1 Å². The summed E-state index contributed by atoms with van der Waals surface area (Å²) in [6.45, 7) is 3.54. The zero-order valence-electron chi connectivity index (χ0n) is 12.2. The number of aromatic nitrogens is 4. The molecule has 3 heterocycles. The second kappa shape index (κ2) is 6.20. The number of β-amino-alcohol motifs (C(OH)–C–C–N with tert-alkyl or cyclic N) is 1. The Morgan fingerprint density at radius 2 is 2.32 bits per heavy atom. The number of aliphatic hydroxyl groups is 1. The summed E-state index contributed by atoms with van der Waals surface area (Å²) in [5.74, 6) is 0.461. The van der Waals surface area contributed by atoms with Gasteiger partial charge in [-0.05, 0) is 19.1 Å². The molecule has 1 fully saturated rings. The first-order chi connectivity index (χ1) is 10.6. The molecule has 1 saturated heterocycles. The van der Waals surface area contributed by atoms with Gasteiger partial charge < -0.3 is 10.4 Å². The molecule has 1 aliphatic heterocycles. The van der Waals surface area contributed by atoms with Gasteiger partial charge in [-0.2, -0.15) is 5.10 Å². The molecule has 0 radical (unpaired) electrons. The molecular weight excluding hydrogens is 284 g/mol. The Kier molecular flexibility index (Phi) is 4.12. The summed E-state index contributed by atoms with van der Waals surface area (Å²) >= 11 is 0. The number of carbonyl (C=O) groups is 1. The van der Waals surface area contributed by atoms with Crippen LogP contribution in [-0.4, -0.2) is 61.3 Å². The van der Waals surface area contributed by atoms with Crippen molar-refractivity contribution in [1.82, 2.24) is 30.4 Å². The molecule has 2 atom stereocenters. The van der Waals surface area contributed by atoms with Gasteiger partial charge >= 0.3 is 0 Å². The number of amides is 1. The van der Waals surface area contributed by atoms with Crippen molar-refractivity contribution in [2.45, 2.75) is 25.6 Å². The van der Waals surface area contributed by atoms with Gasteiger partial charge in [0.25, 0.3) is 5.91 Å². The van der Waals surface area contributed by atoms with E-state index in [0.717, 1.165) is 11.5 Å². The summed E-state index contributed by atoms with van der Waals surface area (Å²) in [5.41, 5.74) is 1.29. The summed E-state index contributed by atoms with van der Waals surface area (Å²) in [7, 11) is 0. The zero-order chi connectivity index (χ0) is 15.5. The van der Waals surface area contributed by atoms with E-state index in [2.05, 4.69) is 30.4 Å². The first-order valence-electron chi connectivity index (χ1n) is 7.11. The van der Waals surface area contributed by atoms with Crippen molar-refractivity contribution >= 4 is 5.91 Å². The highest BCUT2D eigenvalue weighted by atomic mass is 16.3. The average Bonchev–Trinajstić information content (AvgIpc) is 3.10. The van der Waals surface area contributed by atoms with Crippen LogP contribution < -0.4 is 5.32 Å². The predicted octanol–water partition coefficient (Wildman–Crippen LogP) is -0.517. The second-order valence-corrected chi connectivity index (χ2v) is 5.41. The van der Waals surface area contributed by atoms with Gasteiger partial charge in [-0.15, -0.1) is 0 Å². The Hall–Kier alpha value is -2.32. The highest BCUT2D eigenvalue weighted by Crippen LogP contribution is 2.13. The molecule has 2 aromatic heterocycles. The van der Waals surface area contributed by atoms with Crippen molar-refractivity contribution < 1.29 is 9.90 Å². The summed E-state index contributed by atoms with van der Waals surface area (Å²) < 4.78 is 0. The van der Waals surface area contributed by atoms with Crippen molar-refractivity contribution in [1.29, 1.82) is 0 Å². The summed E-state index contributed by atoms with van der Waals surface area (Å²) in [4.78, 5) is 22.5. The number of H-pyrrole nitrogens is 1. The number of nitrogens with zero attached hydrogens (tertiary/aromatic N) is 4. The number of likely N-dealkylation sites (tertiary alicyclic amines) is 1. The van der Waals surface area contributed by atoms with Crippen LogP contribution in [0.4, 0.5) is 0 Å². The van der Waals surface area contributed by atoms with Crippen LogP contribution in [0, 0.1) is 6.92 Å². The first kappa shape index (κ1) is 14.6. The SMILES string of the molecule is Cc1nccc(CN2C[C@@H](O)[C@H](NC(=O)c3ccn[nH]3)C2)n1. The molecule has 0 saturated carbocycles. The van der Waals surface area contributed by atoms with Gasteiger partial charge in [-0.1, -0.05) is 0 Å². The summed E-state index contributed by atoms with van der Waals surface area (Å²) in [5, 5.41) is 19.3. The van der Waals surface area contributed by atoms with E-state index in [1.54, 1.807) is 12.3 Å². The van der Waals surface area contributed by atoms with Crippen molar-refractivity contribution in [3.05, 3.63) is 41.7 Å². The molecule has 22 heavy (non-hydrogen) atoms. The Morgan fingerprint density at radius 1 is 1.45 bits per heavy atom. The minimum atomic E-state index is -0.602. The van der Waals surface area contributed by atoms with E-state index >= 15 is 0 Å². The van der Waals surface area contributed by atoms with Gasteiger partial charge in [-0.25, -0.2) is 9.97 Å². The molecule has 8 nitrogen and oxygen atoms in total. The van der Waals surface area contributed by atoms with E-state index in [4.69, 9.17) is 0 Å². The molecule has 3 N–H and O–H groups in total. The van der Waals surface area contributed by atoms with Crippen molar-refractivity contribution in [2.24, 2.45) is 0 Å². The molecule has 0 aliphatic carbocycles. The number of nitrogens with one attached hydrogen (secondary N) is 2. The fourth-order valence-electron chi connectivity index (χ4n) is 2.59. The maximum absolute atomic E-state index is 12.0. The zero-order valence-corrected chi connectivity index (χ0v) is 12.2. The number of carbonyl (C=O) groups excluding carboxylic acids is 1. The molecule has 3 rings (SSSR count). The normalized spacial score (nSPS) is 21.9. The van der Waals surface area contributed by atoms with Crippen molar-refractivity contribution in [3.63, 3.8) is 0 Å². The van der Waals surface area contributed by atoms with Gasteiger partial charge in [0.15, 0.2) is 0 Å². The van der Waals surface area contributed by atoms with Crippen LogP contribution in [0.5, 0.6) is 0 Å².